The van der Waals surface area contributed by atoms with Gasteiger partial charge in [0, 0.05) is 0 Å². The van der Waals surface area contributed by atoms with E-state index in [1.54, 1.807) is 0 Å². The lowest BCUT2D eigenvalue weighted by atomic mass is 9.85. The molecule has 0 heterocycles. The maximum atomic E-state index is 10.3. The molecule has 0 fully saturated rings. The molecule has 0 spiro atoms. The molecule has 0 unspecified atom stereocenters. The Hall–Kier alpha value is -0.0400. The molecule has 1 N–H and O–H groups in total. The Morgan fingerprint density at radius 2 is 1.41 bits per heavy atom. The third-order valence-electron chi connectivity index (χ3n) is 4.12. The van der Waals surface area contributed by atoms with Crippen LogP contribution in [0.2, 0.25) is 0 Å². The standard InChI is InChI=1S/C16H34O/c1-5-9-11-14(7-3)13-16(17)15(8-4)12-10-6-2/h14-17H,5-13H2,1-4H3/t14-,15+,16-/m0/s1. The van der Waals surface area contributed by atoms with Gasteiger partial charge in [0.1, 0.15) is 0 Å². The summed E-state index contributed by atoms with van der Waals surface area (Å²) in [6.07, 6.45) is 10.9. The van der Waals surface area contributed by atoms with Crippen LogP contribution in [0.3, 0.4) is 0 Å². The Kier molecular flexibility index (Phi) is 11.0. The molecule has 0 aromatic carbocycles. The monoisotopic (exact) mass is 242 g/mol. The van der Waals surface area contributed by atoms with Gasteiger partial charge in [-0.2, -0.15) is 0 Å². The minimum Gasteiger partial charge on any atom is -0.393 e. The molecular formula is C16H34O. The van der Waals surface area contributed by atoms with Crippen molar-refractivity contribution >= 4 is 0 Å². The minimum atomic E-state index is -0.0617. The van der Waals surface area contributed by atoms with Crippen molar-refractivity contribution in [3.05, 3.63) is 0 Å². The quantitative estimate of drug-likeness (QED) is 0.530. The fourth-order valence-corrected chi connectivity index (χ4v) is 2.65. The zero-order valence-electron chi connectivity index (χ0n) is 12.5. The summed E-state index contributed by atoms with van der Waals surface area (Å²) < 4.78 is 0. The first-order valence-corrected chi connectivity index (χ1v) is 7.87. The molecule has 104 valence electrons. The smallest absolute Gasteiger partial charge is 0.0570 e. The van der Waals surface area contributed by atoms with Crippen LogP contribution in [0, 0.1) is 11.8 Å². The maximum absolute atomic E-state index is 10.3. The van der Waals surface area contributed by atoms with Gasteiger partial charge in [-0.05, 0) is 24.7 Å². The Labute approximate surface area is 109 Å². The fourth-order valence-electron chi connectivity index (χ4n) is 2.65. The lowest BCUT2D eigenvalue weighted by Crippen LogP contribution is -2.23. The minimum absolute atomic E-state index is 0.0617. The predicted molar refractivity (Wildman–Crippen MR) is 77.2 cm³/mol. The van der Waals surface area contributed by atoms with E-state index in [4.69, 9.17) is 0 Å². The SMILES string of the molecule is CCCC[C@H](CC)C[C@H](O)[C@H](CC)CCCC. The van der Waals surface area contributed by atoms with Gasteiger partial charge >= 0.3 is 0 Å². The van der Waals surface area contributed by atoms with Crippen LogP contribution in [0.15, 0.2) is 0 Å². The van der Waals surface area contributed by atoms with E-state index in [2.05, 4.69) is 27.7 Å². The highest BCUT2D eigenvalue weighted by molar-refractivity contribution is 4.72. The molecule has 0 rings (SSSR count). The van der Waals surface area contributed by atoms with Crippen LogP contribution in [-0.2, 0) is 0 Å². The van der Waals surface area contributed by atoms with Gasteiger partial charge in [-0.25, -0.2) is 0 Å². The van der Waals surface area contributed by atoms with Gasteiger partial charge < -0.3 is 5.11 Å². The van der Waals surface area contributed by atoms with E-state index in [1.165, 1.54) is 44.9 Å². The van der Waals surface area contributed by atoms with Crippen LogP contribution in [0.4, 0.5) is 0 Å². The second kappa shape index (κ2) is 11.1. The molecule has 0 radical (unpaired) electrons. The maximum Gasteiger partial charge on any atom is 0.0570 e. The molecule has 0 aliphatic heterocycles. The highest BCUT2D eigenvalue weighted by Crippen LogP contribution is 2.25. The molecule has 3 atom stereocenters. The second-order valence-electron chi connectivity index (χ2n) is 5.53. The molecule has 0 amide bonds. The van der Waals surface area contributed by atoms with Crippen molar-refractivity contribution in [3.63, 3.8) is 0 Å². The summed E-state index contributed by atoms with van der Waals surface area (Å²) in [6, 6.07) is 0. The zero-order chi connectivity index (χ0) is 13.1. The van der Waals surface area contributed by atoms with Crippen LogP contribution >= 0.6 is 0 Å². The Morgan fingerprint density at radius 3 is 1.88 bits per heavy atom. The number of aliphatic hydroxyl groups is 1. The predicted octanol–water partition coefficient (Wildman–Crippen LogP) is 5.17. The van der Waals surface area contributed by atoms with Crippen LogP contribution in [0.5, 0.6) is 0 Å². The average molecular weight is 242 g/mol. The van der Waals surface area contributed by atoms with Gasteiger partial charge in [0.05, 0.1) is 6.10 Å². The summed E-state index contributed by atoms with van der Waals surface area (Å²) >= 11 is 0. The van der Waals surface area contributed by atoms with E-state index in [0.29, 0.717) is 5.92 Å². The van der Waals surface area contributed by atoms with Crippen LogP contribution in [-0.4, -0.2) is 11.2 Å². The zero-order valence-corrected chi connectivity index (χ0v) is 12.5. The van der Waals surface area contributed by atoms with E-state index in [9.17, 15) is 5.11 Å². The van der Waals surface area contributed by atoms with Crippen molar-refractivity contribution in [1.82, 2.24) is 0 Å². The lowest BCUT2D eigenvalue weighted by molar-refractivity contribution is 0.0711. The number of hydrogen-bond acceptors (Lipinski definition) is 1. The third-order valence-corrected chi connectivity index (χ3v) is 4.12. The third kappa shape index (κ3) is 7.81. The molecule has 0 aromatic heterocycles. The summed E-state index contributed by atoms with van der Waals surface area (Å²) in [5.41, 5.74) is 0. The van der Waals surface area contributed by atoms with Crippen molar-refractivity contribution < 1.29 is 5.11 Å². The summed E-state index contributed by atoms with van der Waals surface area (Å²) in [5.74, 6) is 1.27. The fraction of sp³-hybridized carbons (Fsp3) is 1.00. The van der Waals surface area contributed by atoms with Gasteiger partial charge in [0.25, 0.3) is 0 Å². The van der Waals surface area contributed by atoms with Crippen LogP contribution in [0.1, 0.15) is 85.5 Å². The first-order chi connectivity index (χ1) is 8.19. The van der Waals surface area contributed by atoms with E-state index < -0.39 is 0 Å². The van der Waals surface area contributed by atoms with E-state index in [0.717, 1.165) is 18.8 Å². The summed E-state index contributed by atoms with van der Waals surface area (Å²) in [7, 11) is 0. The molecule has 0 bridgehead atoms. The molecule has 0 saturated carbocycles. The molecule has 0 aliphatic carbocycles. The number of aliphatic hydroxyl groups excluding tert-OH is 1. The molecule has 0 saturated heterocycles. The van der Waals surface area contributed by atoms with Crippen LogP contribution < -0.4 is 0 Å². The van der Waals surface area contributed by atoms with Crippen molar-refractivity contribution in [2.24, 2.45) is 11.8 Å². The lowest BCUT2D eigenvalue weighted by Gasteiger charge is -2.25. The van der Waals surface area contributed by atoms with Crippen LogP contribution in [0.25, 0.3) is 0 Å². The molecular weight excluding hydrogens is 208 g/mol. The summed E-state index contributed by atoms with van der Waals surface area (Å²) in [6.45, 7) is 8.96. The Morgan fingerprint density at radius 1 is 0.824 bits per heavy atom. The van der Waals surface area contributed by atoms with Gasteiger partial charge in [0.15, 0.2) is 0 Å². The normalized spacial score (nSPS) is 16.8. The van der Waals surface area contributed by atoms with Gasteiger partial charge in [-0.1, -0.05) is 72.6 Å². The number of unbranched alkanes of at least 4 members (excludes halogenated alkanes) is 2. The molecule has 17 heavy (non-hydrogen) atoms. The molecule has 1 heteroatoms. The Balaban J connectivity index is 4.02. The summed E-state index contributed by atoms with van der Waals surface area (Å²) in [5, 5.41) is 10.3. The Bertz CT molecular complexity index is 156. The second-order valence-corrected chi connectivity index (χ2v) is 5.53. The van der Waals surface area contributed by atoms with Gasteiger partial charge in [0.2, 0.25) is 0 Å². The first-order valence-electron chi connectivity index (χ1n) is 7.87. The number of hydrogen-bond donors (Lipinski definition) is 1. The van der Waals surface area contributed by atoms with Crippen molar-refractivity contribution in [3.8, 4) is 0 Å². The largest absolute Gasteiger partial charge is 0.393 e. The number of rotatable bonds is 11. The summed E-state index contributed by atoms with van der Waals surface area (Å²) in [4.78, 5) is 0. The highest BCUT2D eigenvalue weighted by atomic mass is 16.3. The highest BCUT2D eigenvalue weighted by Gasteiger charge is 2.20. The van der Waals surface area contributed by atoms with Gasteiger partial charge in [-0.15, -0.1) is 0 Å². The van der Waals surface area contributed by atoms with E-state index in [-0.39, 0.29) is 6.10 Å². The van der Waals surface area contributed by atoms with Gasteiger partial charge in [-0.3, -0.25) is 0 Å². The van der Waals surface area contributed by atoms with E-state index >= 15 is 0 Å². The first kappa shape index (κ1) is 17.0. The topological polar surface area (TPSA) is 20.2 Å². The van der Waals surface area contributed by atoms with E-state index in [1.807, 2.05) is 0 Å². The molecule has 0 aromatic rings. The molecule has 1 nitrogen and oxygen atoms in total. The average Bonchev–Trinajstić information content (AvgIpc) is 2.35. The van der Waals surface area contributed by atoms with Crippen molar-refractivity contribution in [2.75, 3.05) is 0 Å². The van der Waals surface area contributed by atoms with Crippen molar-refractivity contribution in [2.45, 2.75) is 91.6 Å². The van der Waals surface area contributed by atoms with Crippen molar-refractivity contribution in [1.29, 1.82) is 0 Å². The molecule has 0 aliphatic rings.